The van der Waals surface area contributed by atoms with Crippen molar-refractivity contribution < 1.29 is 4.79 Å². The number of anilines is 1. The number of carbonyl (C=O) groups is 1. The van der Waals surface area contributed by atoms with E-state index >= 15 is 0 Å². The number of hydrogen-bond donors (Lipinski definition) is 3. The quantitative estimate of drug-likeness (QED) is 0.265. The van der Waals surface area contributed by atoms with Crippen molar-refractivity contribution in [2.75, 3.05) is 25.0 Å². The maximum Gasteiger partial charge on any atom is 0.227 e. The number of fused-ring (bicyclic) bond motifs is 1. The lowest BCUT2D eigenvalue weighted by Gasteiger charge is -2.16. The minimum absolute atomic E-state index is 0. The van der Waals surface area contributed by atoms with Crippen LogP contribution in [0.1, 0.15) is 24.0 Å². The van der Waals surface area contributed by atoms with Crippen molar-refractivity contribution in [3.05, 3.63) is 65.9 Å². The van der Waals surface area contributed by atoms with Crippen molar-refractivity contribution in [3.8, 4) is 0 Å². The van der Waals surface area contributed by atoms with E-state index < -0.39 is 0 Å². The molecule has 6 nitrogen and oxygen atoms in total. The van der Waals surface area contributed by atoms with Gasteiger partial charge in [0.05, 0.1) is 0 Å². The monoisotopic (exact) mass is 517 g/mol. The smallest absolute Gasteiger partial charge is 0.227 e. The van der Waals surface area contributed by atoms with Gasteiger partial charge < -0.3 is 20.5 Å². The minimum atomic E-state index is 0. The van der Waals surface area contributed by atoms with Crippen molar-refractivity contribution >= 4 is 52.4 Å². The molecule has 2 heterocycles. The van der Waals surface area contributed by atoms with E-state index in [0.717, 1.165) is 43.1 Å². The van der Waals surface area contributed by atoms with Crippen LogP contribution in [0.25, 0.3) is 10.9 Å². The molecule has 30 heavy (non-hydrogen) atoms. The van der Waals surface area contributed by atoms with E-state index in [1.165, 1.54) is 16.5 Å². The Balaban J connectivity index is 0.00000256. The molecule has 0 bridgehead atoms. The number of guanidine groups is 1. The first-order valence-electron chi connectivity index (χ1n) is 10.1. The van der Waals surface area contributed by atoms with Gasteiger partial charge in [0, 0.05) is 55.9 Å². The Hall–Kier alpha value is -2.55. The summed E-state index contributed by atoms with van der Waals surface area (Å²) in [6, 6.07) is 16.5. The zero-order valence-corrected chi connectivity index (χ0v) is 19.5. The number of para-hydroxylation sites is 1. The molecule has 4 rings (SSSR count). The van der Waals surface area contributed by atoms with Crippen molar-refractivity contribution in [2.24, 2.45) is 4.99 Å². The first-order chi connectivity index (χ1) is 14.2. The Labute approximate surface area is 194 Å². The fourth-order valence-corrected chi connectivity index (χ4v) is 3.78. The molecule has 1 amide bonds. The van der Waals surface area contributed by atoms with Gasteiger partial charge in [0.15, 0.2) is 5.96 Å². The molecule has 0 radical (unpaired) electrons. The maximum atomic E-state index is 11.9. The van der Waals surface area contributed by atoms with Crippen molar-refractivity contribution in [1.29, 1.82) is 0 Å². The number of H-pyrrole nitrogens is 1. The summed E-state index contributed by atoms with van der Waals surface area (Å²) in [7, 11) is 1.78. The van der Waals surface area contributed by atoms with E-state index in [9.17, 15) is 4.79 Å². The van der Waals surface area contributed by atoms with Crippen LogP contribution in [0.5, 0.6) is 0 Å². The third-order valence-corrected chi connectivity index (χ3v) is 5.37. The predicted molar refractivity (Wildman–Crippen MR) is 134 cm³/mol. The molecular weight excluding hydrogens is 489 g/mol. The Morgan fingerprint density at radius 2 is 1.93 bits per heavy atom. The highest BCUT2D eigenvalue weighted by Crippen LogP contribution is 2.21. The van der Waals surface area contributed by atoms with Gasteiger partial charge in [0.1, 0.15) is 0 Å². The number of halogens is 1. The summed E-state index contributed by atoms with van der Waals surface area (Å²) >= 11 is 0. The van der Waals surface area contributed by atoms with E-state index in [0.29, 0.717) is 13.0 Å². The van der Waals surface area contributed by atoms with Gasteiger partial charge in [-0.25, -0.2) is 0 Å². The number of aromatic amines is 1. The molecule has 0 atom stereocenters. The number of benzene rings is 2. The highest BCUT2D eigenvalue weighted by Gasteiger charge is 2.21. The highest BCUT2D eigenvalue weighted by atomic mass is 127. The molecule has 3 aromatic rings. The molecular formula is C23H28IN5O. The standard InChI is InChI=1S/C23H27N5O.HI/c1-24-23(25-13-12-18-16-26-21-6-3-2-5-20(18)21)27-15-17-8-10-19(11-9-17)28-14-4-7-22(28)29;/h2-3,5-6,8-11,16,26H,4,7,12-15H2,1H3,(H2,24,25,27);1H. The third-order valence-electron chi connectivity index (χ3n) is 5.37. The summed E-state index contributed by atoms with van der Waals surface area (Å²) in [6.45, 7) is 2.31. The number of rotatable bonds is 6. The zero-order valence-electron chi connectivity index (χ0n) is 17.1. The Kier molecular flexibility index (Phi) is 7.73. The number of aliphatic imine (C=N–C) groups is 1. The number of amides is 1. The molecule has 158 valence electrons. The lowest BCUT2D eigenvalue weighted by Crippen LogP contribution is -2.37. The van der Waals surface area contributed by atoms with Crippen LogP contribution in [0.2, 0.25) is 0 Å². The van der Waals surface area contributed by atoms with Gasteiger partial charge in [-0.2, -0.15) is 0 Å². The molecule has 3 N–H and O–H groups in total. The van der Waals surface area contributed by atoms with E-state index in [1.54, 1.807) is 7.05 Å². The largest absolute Gasteiger partial charge is 0.361 e. The van der Waals surface area contributed by atoms with E-state index in [1.807, 2.05) is 23.1 Å². The predicted octanol–water partition coefficient (Wildman–Crippen LogP) is 3.82. The molecule has 2 aromatic carbocycles. The summed E-state index contributed by atoms with van der Waals surface area (Å²) in [5, 5.41) is 8.00. The van der Waals surface area contributed by atoms with E-state index in [2.05, 4.69) is 57.1 Å². The highest BCUT2D eigenvalue weighted by molar-refractivity contribution is 14.0. The van der Waals surface area contributed by atoms with Crippen LogP contribution in [0.3, 0.4) is 0 Å². The van der Waals surface area contributed by atoms with Gasteiger partial charge in [-0.05, 0) is 42.2 Å². The summed E-state index contributed by atoms with van der Waals surface area (Å²) in [5.74, 6) is 0.999. The SMILES string of the molecule is CN=C(NCCc1c[nH]c2ccccc12)NCc1ccc(N2CCCC2=O)cc1.I. The van der Waals surface area contributed by atoms with Gasteiger partial charge >= 0.3 is 0 Å². The van der Waals surface area contributed by atoms with E-state index in [-0.39, 0.29) is 29.9 Å². The molecule has 1 saturated heterocycles. The third kappa shape index (κ3) is 5.13. The number of nitrogens with one attached hydrogen (secondary N) is 3. The molecule has 0 spiro atoms. The molecule has 0 aliphatic carbocycles. The number of carbonyl (C=O) groups excluding carboxylic acids is 1. The second kappa shape index (κ2) is 10.5. The van der Waals surface area contributed by atoms with Crippen LogP contribution in [-0.2, 0) is 17.8 Å². The molecule has 1 aliphatic heterocycles. The molecule has 0 saturated carbocycles. The second-order valence-corrected chi connectivity index (χ2v) is 7.28. The van der Waals surface area contributed by atoms with Crippen LogP contribution < -0.4 is 15.5 Å². The first kappa shape index (κ1) is 22.1. The fourth-order valence-electron chi connectivity index (χ4n) is 3.78. The van der Waals surface area contributed by atoms with Crippen LogP contribution in [0.15, 0.2) is 59.7 Å². The van der Waals surface area contributed by atoms with Gasteiger partial charge in [0.2, 0.25) is 5.91 Å². The normalized spacial score (nSPS) is 14.1. The minimum Gasteiger partial charge on any atom is -0.361 e. The van der Waals surface area contributed by atoms with Crippen LogP contribution >= 0.6 is 24.0 Å². The Morgan fingerprint density at radius 1 is 1.13 bits per heavy atom. The summed E-state index contributed by atoms with van der Waals surface area (Å²) < 4.78 is 0. The average Bonchev–Trinajstić information content (AvgIpc) is 3.37. The number of hydrogen-bond acceptors (Lipinski definition) is 2. The summed E-state index contributed by atoms with van der Waals surface area (Å²) in [5.41, 5.74) is 4.61. The molecule has 1 fully saturated rings. The average molecular weight is 517 g/mol. The molecule has 7 heteroatoms. The number of nitrogens with zero attached hydrogens (tertiary/aromatic N) is 2. The molecule has 1 aromatic heterocycles. The maximum absolute atomic E-state index is 11.9. The second-order valence-electron chi connectivity index (χ2n) is 7.28. The molecule has 0 unspecified atom stereocenters. The van der Waals surface area contributed by atoms with Crippen LogP contribution in [0, 0.1) is 0 Å². The molecule has 1 aliphatic rings. The van der Waals surface area contributed by atoms with Gasteiger partial charge in [-0.1, -0.05) is 30.3 Å². The van der Waals surface area contributed by atoms with Crippen molar-refractivity contribution in [2.45, 2.75) is 25.8 Å². The van der Waals surface area contributed by atoms with Gasteiger partial charge in [-0.3, -0.25) is 9.79 Å². The van der Waals surface area contributed by atoms with Gasteiger partial charge in [0.25, 0.3) is 0 Å². The zero-order chi connectivity index (χ0) is 20.1. The van der Waals surface area contributed by atoms with Crippen LogP contribution in [0.4, 0.5) is 5.69 Å². The fraction of sp³-hybridized carbons (Fsp3) is 0.304. The van der Waals surface area contributed by atoms with Crippen LogP contribution in [-0.4, -0.2) is 37.0 Å². The lowest BCUT2D eigenvalue weighted by atomic mass is 10.1. The lowest BCUT2D eigenvalue weighted by molar-refractivity contribution is -0.117. The van der Waals surface area contributed by atoms with Crippen molar-refractivity contribution in [1.82, 2.24) is 15.6 Å². The topological polar surface area (TPSA) is 72.5 Å². The van der Waals surface area contributed by atoms with Gasteiger partial charge in [-0.15, -0.1) is 24.0 Å². The summed E-state index contributed by atoms with van der Waals surface area (Å²) in [4.78, 5) is 21.3. The Bertz CT molecular complexity index is 1010. The number of aromatic nitrogens is 1. The van der Waals surface area contributed by atoms with Crippen molar-refractivity contribution in [3.63, 3.8) is 0 Å². The Morgan fingerprint density at radius 3 is 2.67 bits per heavy atom. The van der Waals surface area contributed by atoms with E-state index in [4.69, 9.17) is 0 Å². The first-order valence-corrected chi connectivity index (χ1v) is 10.1. The summed E-state index contributed by atoms with van der Waals surface area (Å²) in [6.07, 6.45) is 4.60.